The molecule has 0 radical (unpaired) electrons. The Balaban J connectivity index is 1.57. The summed E-state index contributed by atoms with van der Waals surface area (Å²) in [6.07, 6.45) is 0.560. The first-order valence-electron chi connectivity index (χ1n) is 9.89. The molecule has 9 nitrogen and oxygen atoms in total. The molecule has 0 unspecified atom stereocenters. The summed E-state index contributed by atoms with van der Waals surface area (Å²) in [5.74, 6) is 0.362. The van der Waals surface area contributed by atoms with E-state index in [2.05, 4.69) is 10.5 Å². The lowest BCUT2D eigenvalue weighted by Crippen LogP contribution is -2.38. The topological polar surface area (TPSA) is 113 Å². The normalized spacial score (nSPS) is 15.5. The van der Waals surface area contributed by atoms with E-state index in [9.17, 15) is 18.0 Å². The molecule has 1 aromatic carbocycles. The monoisotopic (exact) mass is 466 g/mol. The molecule has 1 aliphatic rings. The summed E-state index contributed by atoms with van der Waals surface area (Å²) in [4.78, 5) is 26.5. The fourth-order valence-electron chi connectivity index (χ4n) is 3.43. The summed E-state index contributed by atoms with van der Waals surface area (Å²) in [6.45, 7) is 6.06. The molecule has 1 aromatic heterocycles. The van der Waals surface area contributed by atoms with Crippen LogP contribution in [0.4, 0.5) is 5.69 Å². The minimum absolute atomic E-state index is 0.0347. The first-order valence-corrected chi connectivity index (χ1v) is 12.3. The van der Waals surface area contributed by atoms with E-state index < -0.39 is 10.0 Å². The molecule has 31 heavy (non-hydrogen) atoms. The van der Waals surface area contributed by atoms with Crippen molar-refractivity contribution < 1.29 is 22.5 Å². The number of hydrogen-bond acceptors (Lipinski definition) is 7. The van der Waals surface area contributed by atoms with Gasteiger partial charge in [-0.25, -0.2) is 8.42 Å². The van der Waals surface area contributed by atoms with Crippen LogP contribution in [-0.4, -0.2) is 66.5 Å². The summed E-state index contributed by atoms with van der Waals surface area (Å²) < 4.78 is 32.5. The molecule has 1 N–H and O–H groups in total. The van der Waals surface area contributed by atoms with Crippen LogP contribution in [-0.2, 0) is 19.6 Å². The van der Waals surface area contributed by atoms with Gasteiger partial charge in [0.05, 0.1) is 5.75 Å². The van der Waals surface area contributed by atoms with Crippen molar-refractivity contribution in [1.82, 2.24) is 14.4 Å². The fourth-order valence-corrected chi connectivity index (χ4v) is 5.99. The van der Waals surface area contributed by atoms with Gasteiger partial charge in [0.2, 0.25) is 21.8 Å². The Morgan fingerprint density at radius 1 is 1.13 bits per heavy atom. The number of aromatic nitrogens is 1. The van der Waals surface area contributed by atoms with Crippen LogP contribution in [0.15, 0.2) is 38.6 Å². The van der Waals surface area contributed by atoms with Crippen molar-refractivity contribution in [1.29, 1.82) is 0 Å². The van der Waals surface area contributed by atoms with E-state index in [1.807, 2.05) is 12.1 Å². The molecule has 0 aliphatic carbocycles. The van der Waals surface area contributed by atoms with E-state index in [0.29, 0.717) is 37.4 Å². The van der Waals surface area contributed by atoms with Gasteiger partial charge in [-0.2, -0.15) is 4.31 Å². The molecule has 1 saturated heterocycles. The lowest BCUT2D eigenvalue weighted by Gasteiger charge is -2.21. The van der Waals surface area contributed by atoms with Gasteiger partial charge in [-0.3, -0.25) is 9.59 Å². The second-order valence-corrected chi connectivity index (χ2v) is 10.2. The second kappa shape index (κ2) is 9.84. The number of thioether (sulfide) groups is 1. The Bertz CT molecular complexity index is 1030. The lowest BCUT2D eigenvalue weighted by molar-refractivity contribution is -0.128. The minimum atomic E-state index is -3.72. The van der Waals surface area contributed by atoms with Gasteiger partial charge in [-0.05, 0) is 44.5 Å². The third-order valence-electron chi connectivity index (χ3n) is 4.91. The van der Waals surface area contributed by atoms with Crippen molar-refractivity contribution in [3.63, 3.8) is 0 Å². The number of amides is 2. The van der Waals surface area contributed by atoms with Crippen LogP contribution in [0.1, 0.15) is 24.8 Å². The van der Waals surface area contributed by atoms with Crippen molar-refractivity contribution in [3.8, 4) is 0 Å². The molecule has 2 heterocycles. The minimum Gasteiger partial charge on any atom is -0.360 e. The maximum atomic E-state index is 13.0. The zero-order valence-electron chi connectivity index (χ0n) is 17.8. The average molecular weight is 467 g/mol. The molecule has 168 valence electrons. The smallest absolute Gasteiger partial charge is 0.248 e. The van der Waals surface area contributed by atoms with Crippen molar-refractivity contribution in [2.75, 3.05) is 37.2 Å². The number of carbonyl (C=O) groups is 2. The molecule has 2 amide bonds. The maximum absolute atomic E-state index is 13.0. The number of hydrogen-bond donors (Lipinski definition) is 1. The number of aryl methyl sites for hydroxylation is 2. The standard InChI is InChI=1S/C20H26N4O5S2/c1-14-20(15(2)29-22-14)31(27,28)24-10-4-9-23(11-12-24)19(26)13-30-18-7-5-17(6-8-18)21-16(3)25/h5-8H,4,9-13H2,1-3H3,(H,21,25). The van der Waals surface area contributed by atoms with E-state index in [1.54, 1.807) is 30.9 Å². The number of carbonyl (C=O) groups excluding carboxylic acids is 2. The predicted molar refractivity (Wildman–Crippen MR) is 117 cm³/mol. The van der Waals surface area contributed by atoms with Gasteiger partial charge in [0, 0.05) is 43.7 Å². The fraction of sp³-hybridized carbons (Fsp3) is 0.450. The van der Waals surface area contributed by atoms with E-state index >= 15 is 0 Å². The third kappa shape index (κ3) is 5.66. The van der Waals surface area contributed by atoms with Crippen LogP contribution in [0.5, 0.6) is 0 Å². The van der Waals surface area contributed by atoms with Crippen LogP contribution < -0.4 is 5.32 Å². The summed E-state index contributed by atoms with van der Waals surface area (Å²) in [7, 11) is -3.72. The molecule has 1 fully saturated rings. The van der Waals surface area contributed by atoms with Crippen molar-refractivity contribution in [2.45, 2.75) is 37.0 Å². The molecule has 1 aliphatic heterocycles. The number of anilines is 1. The van der Waals surface area contributed by atoms with Gasteiger partial charge in [0.25, 0.3) is 0 Å². The van der Waals surface area contributed by atoms with Gasteiger partial charge in [0.1, 0.15) is 10.6 Å². The number of nitrogens with one attached hydrogen (secondary N) is 1. The maximum Gasteiger partial charge on any atom is 0.248 e. The quantitative estimate of drug-likeness (QED) is 0.650. The van der Waals surface area contributed by atoms with Crippen LogP contribution in [0.2, 0.25) is 0 Å². The molecule has 2 aromatic rings. The van der Waals surface area contributed by atoms with Gasteiger partial charge in [-0.15, -0.1) is 11.8 Å². The highest BCUT2D eigenvalue weighted by Gasteiger charge is 2.32. The molecule has 0 saturated carbocycles. The Labute approximate surface area is 186 Å². The summed E-state index contributed by atoms with van der Waals surface area (Å²) in [5, 5.41) is 6.45. The summed E-state index contributed by atoms with van der Waals surface area (Å²) in [6, 6.07) is 7.28. The van der Waals surface area contributed by atoms with E-state index in [0.717, 1.165) is 4.90 Å². The van der Waals surface area contributed by atoms with Crippen LogP contribution in [0.25, 0.3) is 0 Å². The average Bonchev–Trinajstić information content (AvgIpc) is 2.92. The van der Waals surface area contributed by atoms with Crippen LogP contribution in [0, 0.1) is 13.8 Å². The lowest BCUT2D eigenvalue weighted by atomic mass is 10.3. The zero-order chi connectivity index (χ0) is 22.6. The molecule has 0 spiro atoms. The van der Waals surface area contributed by atoms with Crippen molar-refractivity contribution in [2.24, 2.45) is 0 Å². The van der Waals surface area contributed by atoms with Crippen LogP contribution >= 0.6 is 11.8 Å². The molecular formula is C20H26N4O5S2. The van der Waals surface area contributed by atoms with Crippen LogP contribution in [0.3, 0.4) is 0 Å². The first-order chi connectivity index (χ1) is 14.7. The predicted octanol–water partition coefficient (Wildman–Crippen LogP) is 2.27. The third-order valence-corrected chi connectivity index (χ3v) is 8.05. The second-order valence-electron chi connectivity index (χ2n) is 7.29. The van der Waals surface area contributed by atoms with E-state index in [4.69, 9.17) is 4.52 Å². The number of sulfonamides is 1. The Hall–Kier alpha value is -2.37. The number of benzene rings is 1. The van der Waals surface area contributed by atoms with Gasteiger partial charge in [-0.1, -0.05) is 5.16 Å². The largest absolute Gasteiger partial charge is 0.360 e. The highest BCUT2D eigenvalue weighted by atomic mass is 32.2. The Morgan fingerprint density at radius 3 is 2.45 bits per heavy atom. The van der Waals surface area contributed by atoms with Gasteiger partial charge in [0.15, 0.2) is 5.76 Å². The van der Waals surface area contributed by atoms with Crippen molar-refractivity contribution in [3.05, 3.63) is 35.7 Å². The van der Waals surface area contributed by atoms with E-state index in [-0.39, 0.29) is 34.8 Å². The number of nitrogens with zero attached hydrogens (tertiary/aromatic N) is 3. The zero-order valence-corrected chi connectivity index (χ0v) is 19.4. The van der Waals surface area contributed by atoms with Crippen molar-refractivity contribution >= 4 is 39.3 Å². The molecule has 3 rings (SSSR count). The molecule has 0 bridgehead atoms. The highest BCUT2D eigenvalue weighted by molar-refractivity contribution is 8.00. The van der Waals surface area contributed by atoms with E-state index in [1.165, 1.54) is 23.0 Å². The molecule has 0 atom stereocenters. The Morgan fingerprint density at radius 2 is 1.84 bits per heavy atom. The Kier molecular flexibility index (Phi) is 7.39. The highest BCUT2D eigenvalue weighted by Crippen LogP contribution is 2.25. The number of rotatable bonds is 6. The summed E-state index contributed by atoms with van der Waals surface area (Å²) in [5.41, 5.74) is 1.05. The summed E-state index contributed by atoms with van der Waals surface area (Å²) >= 11 is 1.41. The molecule has 11 heteroatoms. The SMILES string of the molecule is CC(=O)Nc1ccc(SCC(=O)N2CCCN(S(=O)(=O)c3c(C)noc3C)CC2)cc1. The molecular weight excluding hydrogens is 440 g/mol. The van der Waals surface area contributed by atoms with Gasteiger partial charge >= 0.3 is 0 Å². The first kappa shape index (κ1) is 23.3. The van der Waals surface area contributed by atoms with Gasteiger partial charge < -0.3 is 14.7 Å².